The number of nitrogens with zero attached hydrogens (tertiary/aromatic N) is 1. The van der Waals surface area contributed by atoms with Gasteiger partial charge in [-0.25, -0.2) is 0 Å². The number of alkyl halides is 1. The topological polar surface area (TPSA) is 12.5 Å². The lowest BCUT2D eigenvalue weighted by Gasteiger charge is -2.33. The number of hydrogen-bond donors (Lipinski definition) is 0. The number of benzene rings is 1. The molecule has 1 saturated carbocycles. The molecule has 106 valence electrons. The largest absolute Gasteiger partial charge is 0.383 e. The van der Waals surface area contributed by atoms with E-state index in [-0.39, 0.29) is 0 Å². The molecular weight excluding hydrogens is 370 g/mol. The fraction of sp³-hybridized carbons (Fsp3) is 0.600. The van der Waals surface area contributed by atoms with Crippen LogP contribution in [0.5, 0.6) is 0 Å². The predicted octanol–water partition coefficient (Wildman–Crippen LogP) is 4.60. The van der Waals surface area contributed by atoms with E-state index in [0.29, 0.717) is 6.04 Å². The van der Waals surface area contributed by atoms with Gasteiger partial charge < -0.3 is 9.64 Å². The summed E-state index contributed by atoms with van der Waals surface area (Å²) in [5.41, 5.74) is 2.66. The molecule has 0 amide bonds. The van der Waals surface area contributed by atoms with Crippen LogP contribution < -0.4 is 4.90 Å². The summed E-state index contributed by atoms with van der Waals surface area (Å²) in [7, 11) is 1.77. The smallest absolute Gasteiger partial charge is 0.0637 e. The summed E-state index contributed by atoms with van der Waals surface area (Å²) in [5, 5.41) is 0.878. The first kappa shape index (κ1) is 15.3. The van der Waals surface area contributed by atoms with Crippen molar-refractivity contribution < 1.29 is 4.74 Å². The third-order valence-corrected chi connectivity index (χ3v) is 4.92. The molecule has 1 unspecified atom stereocenters. The van der Waals surface area contributed by atoms with E-state index < -0.39 is 0 Å². The number of hydrogen-bond acceptors (Lipinski definition) is 2. The van der Waals surface area contributed by atoms with Gasteiger partial charge in [0.15, 0.2) is 0 Å². The minimum atomic E-state index is 0.592. The molecule has 0 aliphatic heterocycles. The lowest BCUT2D eigenvalue weighted by atomic mass is 10.1. The Labute approximate surface area is 132 Å². The highest BCUT2D eigenvalue weighted by Crippen LogP contribution is 2.38. The Hall–Kier alpha value is -0.0600. The normalized spacial score (nSPS) is 16.4. The molecule has 1 aromatic carbocycles. The molecule has 4 heteroatoms. The molecule has 0 bridgehead atoms. The molecule has 0 N–H and O–H groups in total. The molecule has 0 heterocycles. The summed E-state index contributed by atoms with van der Waals surface area (Å²) >= 11 is 7.16. The third-order valence-electron chi connectivity index (χ3n) is 3.83. The van der Waals surface area contributed by atoms with Gasteiger partial charge in [0.25, 0.3) is 0 Å². The minimum Gasteiger partial charge on any atom is -0.383 e. The monoisotopic (exact) mass is 389 g/mol. The third kappa shape index (κ3) is 3.96. The van der Waals surface area contributed by atoms with Crippen LogP contribution >= 0.6 is 31.9 Å². The van der Waals surface area contributed by atoms with E-state index in [0.717, 1.165) is 28.9 Å². The molecule has 0 spiro atoms. The Morgan fingerprint density at radius 1 is 1.42 bits per heavy atom. The zero-order valence-electron chi connectivity index (χ0n) is 11.5. The lowest BCUT2D eigenvalue weighted by molar-refractivity contribution is 0.202. The van der Waals surface area contributed by atoms with Crippen molar-refractivity contribution >= 4 is 37.5 Å². The molecule has 1 aromatic rings. The first-order chi connectivity index (χ1) is 9.17. The van der Waals surface area contributed by atoms with Crippen LogP contribution in [0.3, 0.4) is 0 Å². The summed E-state index contributed by atoms with van der Waals surface area (Å²) in [5.74, 6) is 0.851. The fourth-order valence-corrected chi connectivity index (χ4v) is 3.37. The number of halogens is 2. The van der Waals surface area contributed by atoms with Gasteiger partial charge in [-0.1, -0.05) is 31.9 Å². The van der Waals surface area contributed by atoms with E-state index in [1.807, 2.05) is 0 Å². The van der Waals surface area contributed by atoms with E-state index in [4.69, 9.17) is 4.74 Å². The highest BCUT2D eigenvalue weighted by Gasteiger charge is 2.32. The Morgan fingerprint density at radius 3 is 2.74 bits per heavy atom. The zero-order valence-corrected chi connectivity index (χ0v) is 14.7. The van der Waals surface area contributed by atoms with Gasteiger partial charge in [-0.05, 0) is 49.4 Å². The van der Waals surface area contributed by atoms with Gasteiger partial charge in [-0.15, -0.1) is 0 Å². The summed E-state index contributed by atoms with van der Waals surface area (Å²) in [6.07, 6.45) is 2.73. The van der Waals surface area contributed by atoms with Crippen LogP contribution in [0.2, 0.25) is 0 Å². The summed E-state index contributed by atoms with van der Waals surface area (Å²) < 4.78 is 6.41. The van der Waals surface area contributed by atoms with Gasteiger partial charge in [-0.2, -0.15) is 0 Å². The number of anilines is 1. The van der Waals surface area contributed by atoms with Crippen molar-refractivity contribution in [1.82, 2.24) is 0 Å². The molecule has 0 radical (unpaired) electrons. The van der Waals surface area contributed by atoms with E-state index in [9.17, 15) is 0 Å². The Bertz CT molecular complexity index is 421. The molecule has 0 aromatic heterocycles. The molecule has 1 fully saturated rings. The second kappa shape index (κ2) is 7.09. The van der Waals surface area contributed by atoms with Crippen molar-refractivity contribution in [3.05, 3.63) is 28.2 Å². The molecule has 1 aliphatic carbocycles. The van der Waals surface area contributed by atoms with Crippen molar-refractivity contribution in [2.45, 2.75) is 31.1 Å². The summed E-state index contributed by atoms with van der Waals surface area (Å²) in [4.78, 5) is 2.50. The van der Waals surface area contributed by atoms with Crippen LogP contribution in [0.4, 0.5) is 5.69 Å². The maximum absolute atomic E-state index is 5.28. The first-order valence-electron chi connectivity index (χ1n) is 6.77. The Balaban J connectivity index is 2.25. The van der Waals surface area contributed by atoms with Crippen LogP contribution in [0, 0.1) is 5.92 Å². The van der Waals surface area contributed by atoms with E-state index >= 15 is 0 Å². The van der Waals surface area contributed by atoms with Crippen molar-refractivity contribution in [2.75, 3.05) is 25.2 Å². The highest BCUT2D eigenvalue weighted by molar-refractivity contribution is 9.10. The van der Waals surface area contributed by atoms with Gasteiger partial charge in [-0.3, -0.25) is 0 Å². The SMILES string of the molecule is COCCN(c1ccc(Br)cc1CBr)C(C)C1CC1. The van der Waals surface area contributed by atoms with Crippen molar-refractivity contribution in [3.8, 4) is 0 Å². The average molecular weight is 391 g/mol. The van der Waals surface area contributed by atoms with Crippen LogP contribution in [0.1, 0.15) is 25.3 Å². The quantitative estimate of drug-likeness (QED) is 0.631. The minimum absolute atomic E-state index is 0.592. The second-order valence-corrected chi connectivity index (χ2v) is 6.65. The number of ether oxygens (including phenoxy) is 1. The van der Waals surface area contributed by atoms with E-state index in [1.54, 1.807) is 7.11 Å². The van der Waals surface area contributed by atoms with Gasteiger partial charge in [0.1, 0.15) is 0 Å². The molecule has 2 rings (SSSR count). The molecule has 19 heavy (non-hydrogen) atoms. The molecule has 1 aliphatic rings. The van der Waals surface area contributed by atoms with E-state index in [2.05, 4.69) is 61.9 Å². The van der Waals surface area contributed by atoms with Crippen molar-refractivity contribution in [2.24, 2.45) is 5.92 Å². The molecule has 2 nitrogen and oxygen atoms in total. The number of rotatable bonds is 7. The standard InChI is InChI=1S/C15H21Br2NO/c1-11(12-3-4-12)18(7-8-19-2)15-6-5-14(17)9-13(15)10-16/h5-6,9,11-12H,3-4,7-8,10H2,1-2H3. The van der Waals surface area contributed by atoms with Crippen molar-refractivity contribution in [1.29, 1.82) is 0 Å². The predicted molar refractivity (Wildman–Crippen MR) is 88.2 cm³/mol. The zero-order chi connectivity index (χ0) is 13.8. The molecular formula is C15H21Br2NO. The average Bonchev–Trinajstić information content (AvgIpc) is 3.24. The second-order valence-electron chi connectivity index (χ2n) is 5.17. The van der Waals surface area contributed by atoms with Crippen LogP contribution in [-0.4, -0.2) is 26.3 Å². The van der Waals surface area contributed by atoms with Crippen LogP contribution in [0.15, 0.2) is 22.7 Å². The Morgan fingerprint density at radius 2 is 2.16 bits per heavy atom. The summed E-state index contributed by atoms with van der Waals surface area (Å²) in [6, 6.07) is 7.13. The van der Waals surface area contributed by atoms with Crippen LogP contribution in [0.25, 0.3) is 0 Å². The van der Waals surface area contributed by atoms with Gasteiger partial charge in [0.05, 0.1) is 6.61 Å². The lowest BCUT2D eigenvalue weighted by Crippen LogP contribution is -2.37. The molecule has 1 atom stereocenters. The van der Waals surface area contributed by atoms with Crippen molar-refractivity contribution in [3.63, 3.8) is 0 Å². The fourth-order valence-electron chi connectivity index (χ4n) is 2.51. The highest BCUT2D eigenvalue weighted by atomic mass is 79.9. The maximum atomic E-state index is 5.28. The number of methoxy groups -OCH3 is 1. The molecule has 0 saturated heterocycles. The Kier molecular flexibility index (Phi) is 5.72. The summed E-state index contributed by atoms with van der Waals surface area (Å²) in [6.45, 7) is 4.07. The van der Waals surface area contributed by atoms with Gasteiger partial charge in [0, 0.05) is 35.2 Å². The first-order valence-corrected chi connectivity index (χ1v) is 8.68. The van der Waals surface area contributed by atoms with Gasteiger partial charge in [0.2, 0.25) is 0 Å². The van der Waals surface area contributed by atoms with Crippen LogP contribution in [-0.2, 0) is 10.1 Å². The maximum Gasteiger partial charge on any atom is 0.0637 e. The van der Waals surface area contributed by atoms with Gasteiger partial charge >= 0.3 is 0 Å². The van der Waals surface area contributed by atoms with E-state index in [1.165, 1.54) is 24.1 Å².